The number of hydrogen-bond donors (Lipinski definition) is 0. The van der Waals surface area contributed by atoms with E-state index in [2.05, 4.69) is 350 Å². The number of aromatic nitrogens is 9. The Morgan fingerprint density at radius 1 is 0.167 bits per heavy atom. The van der Waals surface area contributed by atoms with Crippen molar-refractivity contribution >= 4 is 0 Å². The average Bonchev–Trinajstić information content (AvgIpc) is 0.950. The minimum absolute atomic E-state index is 0. The van der Waals surface area contributed by atoms with E-state index in [9.17, 15) is 0 Å². The Kier molecular flexibility index (Phi) is 345. The van der Waals surface area contributed by atoms with Crippen LogP contribution in [0.5, 0.6) is 0 Å². The Bertz CT molecular complexity index is 2000. The molecule has 126 heavy (non-hydrogen) atoms. The summed E-state index contributed by atoms with van der Waals surface area (Å²) in [7, 11) is 0. The third kappa shape index (κ3) is 265. The third-order valence-electron chi connectivity index (χ3n) is 8.70. The van der Waals surface area contributed by atoms with Crippen LogP contribution in [0.4, 0.5) is 0 Å². The molecule has 0 fully saturated rings. The molecule has 6 aromatic rings. The number of pyridine rings is 2. The zero-order valence-corrected chi connectivity index (χ0v) is 78.2. The van der Waals surface area contributed by atoms with Gasteiger partial charge in [0.15, 0.2) is 0 Å². The molecule has 0 unspecified atom stereocenters. The summed E-state index contributed by atoms with van der Waals surface area (Å²) in [6, 6.07) is 19.2. The SMILES string of the molecule is C.C.C.C.C.C.C.C.C.C.C.C.C.C.C.C.C.C.C.C.C.C.C.C.CC(C)C.CC(C)C.CC(C)C.CC(C)C.CC(C)C.CC(C)C.CCC.CCC.CCC.CCC.CCC.CCC.CCc1cc(C)cc(C)c1.CCc1cc(C)cc(C)n1.CCc1cc(C)nc(C)c1.CCc1cc(C)nc(C)n1.CCc1nc(C)cc(C)n1.CCc1nc(C)nc(C)n1. The van der Waals surface area contributed by atoms with Crippen LogP contribution < -0.4 is 0 Å². The van der Waals surface area contributed by atoms with Gasteiger partial charge in [-0.3, -0.25) is 9.97 Å². The lowest BCUT2D eigenvalue weighted by Crippen LogP contribution is -2.00. The molecule has 0 atom stereocenters. The van der Waals surface area contributed by atoms with Crippen LogP contribution >= 0.6 is 0 Å². The topological polar surface area (TPSA) is 116 Å². The van der Waals surface area contributed by atoms with Crippen molar-refractivity contribution in [3.63, 3.8) is 0 Å². The molecule has 0 aliphatic carbocycles. The van der Waals surface area contributed by atoms with E-state index in [1.165, 1.54) is 72.0 Å². The van der Waals surface area contributed by atoms with Gasteiger partial charge in [-0.1, -0.05) is 495 Å². The number of benzene rings is 1. The van der Waals surface area contributed by atoms with Crippen molar-refractivity contribution in [2.24, 2.45) is 35.5 Å². The molecule has 0 radical (unpaired) electrons. The van der Waals surface area contributed by atoms with E-state index < -0.39 is 0 Å². The highest BCUT2D eigenvalue weighted by molar-refractivity contribution is 5.28. The molecule has 9 nitrogen and oxygen atoms in total. The van der Waals surface area contributed by atoms with Crippen molar-refractivity contribution in [2.75, 3.05) is 0 Å². The van der Waals surface area contributed by atoms with Crippen LogP contribution in [-0.2, 0) is 38.5 Å². The molecule has 0 saturated heterocycles. The van der Waals surface area contributed by atoms with Gasteiger partial charge in [-0.2, -0.15) is 0 Å². The van der Waals surface area contributed by atoms with E-state index in [0.717, 1.165) is 143 Å². The van der Waals surface area contributed by atoms with Gasteiger partial charge >= 0.3 is 0 Å². The number of nitrogens with zero attached hydrogens (tertiary/aromatic N) is 9. The molecular formula is C117H279N9. The normalized spacial score (nSPS) is 7.29. The van der Waals surface area contributed by atoms with Crippen LogP contribution in [0.1, 0.15) is 569 Å². The van der Waals surface area contributed by atoms with Gasteiger partial charge in [0, 0.05) is 58.4 Å². The molecule has 0 bridgehead atoms. The summed E-state index contributed by atoms with van der Waals surface area (Å²) in [4.78, 5) is 37.9. The molecule has 792 valence electrons. The molecule has 0 saturated carbocycles. The van der Waals surface area contributed by atoms with Crippen molar-refractivity contribution < 1.29 is 0 Å². The van der Waals surface area contributed by atoms with E-state index in [-0.39, 0.29) is 178 Å². The van der Waals surface area contributed by atoms with Crippen LogP contribution in [-0.4, -0.2) is 44.9 Å². The molecule has 0 aliphatic heterocycles. The van der Waals surface area contributed by atoms with Crippen molar-refractivity contribution in [2.45, 2.75) is 588 Å². The molecular weight excluding hydrogens is 1530 g/mol. The molecule has 1 aromatic carbocycles. The Balaban J connectivity index is -0.0000000202. The molecule has 5 heterocycles. The van der Waals surface area contributed by atoms with E-state index in [1.807, 2.05) is 81.4 Å². The lowest BCUT2D eigenvalue weighted by atomic mass is 10.1. The second-order valence-corrected chi connectivity index (χ2v) is 29.7. The molecule has 6 rings (SSSR count). The first-order valence-electron chi connectivity index (χ1n) is 40.5. The molecule has 0 spiro atoms. The summed E-state index contributed by atoms with van der Waals surface area (Å²) in [6.07, 6.45) is 13.6. The van der Waals surface area contributed by atoms with Gasteiger partial charge in [0.05, 0.1) is 0 Å². The summed E-state index contributed by atoms with van der Waals surface area (Å²) in [5.74, 6) is 9.31. The van der Waals surface area contributed by atoms with E-state index in [1.54, 1.807) is 0 Å². The Morgan fingerprint density at radius 2 is 0.349 bits per heavy atom. The summed E-state index contributed by atoms with van der Waals surface area (Å²) in [6.45, 7) is 101. The van der Waals surface area contributed by atoms with Crippen LogP contribution in [0.15, 0.2) is 54.6 Å². The van der Waals surface area contributed by atoms with Gasteiger partial charge in [0.2, 0.25) is 0 Å². The highest BCUT2D eigenvalue weighted by Gasteiger charge is 1.98. The van der Waals surface area contributed by atoms with Gasteiger partial charge in [0.25, 0.3) is 0 Å². The van der Waals surface area contributed by atoms with Crippen LogP contribution in [0.2, 0.25) is 0 Å². The monoisotopic (exact) mass is 1810 g/mol. The highest BCUT2D eigenvalue weighted by atomic mass is 15.0. The predicted octanol–water partition coefficient (Wildman–Crippen LogP) is 45.5. The zero-order chi connectivity index (χ0) is 83.1. The average molecular weight is 1810 g/mol. The summed E-state index contributed by atoms with van der Waals surface area (Å²) in [5.41, 5.74) is 15.7. The minimum atomic E-state index is 0. The fourth-order valence-electron chi connectivity index (χ4n) is 6.28. The number of hydrogen-bond acceptors (Lipinski definition) is 9. The maximum Gasteiger partial charge on any atom is 0.132 e. The first-order chi connectivity index (χ1) is 47.2. The van der Waals surface area contributed by atoms with Gasteiger partial charge in [-0.05, 0) is 197 Å². The fraction of sp³-hybridized carbons (Fsp3) is 0.769. The van der Waals surface area contributed by atoms with Crippen molar-refractivity contribution in [1.29, 1.82) is 0 Å². The summed E-state index contributed by atoms with van der Waals surface area (Å²) >= 11 is 0. The number of aryl methyl sites for hydroxylation is 18. The van der Waals surface area contributed by atoms with Crippen molar-refractivity contribution in [1.82, 2.24) is 44.9 Å². The zero-order valence-electron chi connectivity index (χ0n) is 78.2. The first-order valence-corrected chi connectivity index (χ1v) is 40.5. The van der Waals surface area contributed by atoms with Crippen LogP contribution in [0.25, 0.3) is 0 Å². The Hall–Kier alpha value is -5.31. The summed E-state index contributed by atoms with van der Waals surface area (Å²) < 4.78 is 0. The maximum atomic E-state index is 4.35. The smallest absolute Gasteiger partial charge is 0.132 e. The van der Waals surface area contributed by atoms with Gasteiger partial charge in [0.1, 0.15) is 29.1 Å². The fourth-order valence-corrected chi connectivity index (χ4v) is 6.28. The largest absolute Gasteiger partial charge is 0.258 e. The van der Waals surface area contributed by atoms with Crippen molar-refractivity contribution in [3.05, 3.63) is 157 Å². The predicted molar refractivity (Wildman–Crippen MR) is 632 cm³/mol. The molecule has 0 aliphatic rings. The van der Waals surface area contributed by atoms with Gasteiger partial charge in [-0.15, -0.1) is 0 Å². The Labute approximate surface area is 820 Å². The second kappa shape index (κ2) is 180. The second-order valence-electron chi connectivity index (χ2n) is 29.7. The quantitative estimate of drug-likeness (QED) is 0.161. The van der Waals surface area contributed by atoms with Crippen molar-refractivity contribution in [3.8, 4) is 0 Å². The summed E-state index contributed by atoms with van der Waals surface area (Å²) in [5, 5.41) is 0. The highest BCUT2D eigenvalue weighted by Crippen LogP contribution is 2.09. The molecule has 0 amide bonds. The van der Waals surface area contributed by atoms with E-state index in [4.69, 9.17) is 0 Å². The Morgan fingerprint density at radius 3 is 0.556 bits per heavy atom. The van der Waals surface area contributed by atoms with Gasteiger partial charge in [-0.25, -0.2) is 34.9 Å². The van der Waals surface area contributed by atoms with E-state index in [0.29, 0.717) is 0 Å². The van der Waals surface area contributed by atoms with Crippen LogP contribution in [0.3, 0.4) is 0 Å². The number of rotatable bonds is 6. The lowest BCUT2D eigenvalue weighted by molar-refractivity contribution is 0.736. The minimum Gasteiger partial charge on any atom is -0.258 e. The molecule has 9 heteroatoms. The standard InChI is InChI=1S/C10H14.2C9H13N.2C8H12N2.C7H11N3.6C4H10.6C3H8.24CH4/c1-4-10-6-8(2)5-9(3)7-10;1-4-9-5-7(2)10-8(3)6-9;1-4-9-6-7(2)5-8(3)10-9;1-4-8-5-6(2)9-7(3)10-8;1-4-8-9-6(2)5-7(3)10-8;1-4-7-9-5(2)8-6(3)10-7;6*1-4(2)3;6*1-3-2;;;;;;;;;;;;;;;;;;;;;;;;/h5-7H,4H2,1-3H3;2*5-6H,4H2,1-3H3;2*5H,4H2,1-3H3;4H2,1-3H3;6*4H,1-3H3;6*3H2,1-2H3;24*1H4. The van der Waals surface area contributed by atoms with E-state index >= 15 is 0 Å². The third-order valence-corrected chi connectivity index (χ3v) is 8.70. The molecule has 5 aromatic heterocycles. The van der Waals surface area contributed by atoms with Crippen LogP contribution in [0, 0.1) is 119 Å². The van der Waals surface area contributed by atoms with Gasteiger partial charge < -0.3 is 0 Å². The maximum absolute atomic E-state index is 4.35. The molecule has 0 N–H and O–H groups in total. The lowest BCUT2D eigenvalue weighted by Gasteiger charge is -2.00. The first kappa shape index (κ1) is 241.